The van der Waals surface area contributed by atoms with E-state index in [1.54, 1.807) is 24.3 Å². The summed E-state index contributed by atoms with van der Waals surface area (Å²) in [7, 11) is 0. The summed E-state index contributed by atoms with van der Waals surface area (Å²) in [5, 5.41) is 11.5. The quantitative estimate of drug-likeness (QED) is 0.781. The maximum atomic E-state index is 11.6. The molecule has 0 aromatic heterocycles. The molecule has 2 rings (SSSR count). The van der Waals surface area contributed by atoms with Crippen molar-refractivity contribution >= 4 is 11.9 Å². The van der Waals surface area contributed by atoms with E-state index in [1.807, 2.05) is 18.2 Å². The fourth-order valence-electron chi connectivity index (χ4n) is 1.90. The zero-order chi connectivity index (χ0) is 13.7. The van der Waals surface area contributed by atoms with Gasteiger partial charge in [-0.05, 0) is 18.6 Å². The van der Waals surface area contributed by atoms with Crippen molar-refractivity contribution in [2.24, 2.45) is 5.92 Å². The van der Waals surface area contributed by atoms with E-state index in [9.17, 15) is 9.59 Å². The van der Waals surface area contributed by atoms with E-state index >= 15 is 0 Å². The highest BCUT2D eigenvalue weighted by Crippen LogP contribution is 2.17. The van der Waals surface area contributed by atoms with Gasteiger partial charge in [-0.15, -0.1) is 0 Å². The van der Waals surface area contributed by atoms with Crippen LogP contribution in [0.4, 0.5) is 0 Å². The lowest BCUT2D eigenvalue weighted by atomic mass is 10.1. The molecular weight excluding hydrogens is 246 g/mol. The standard InChI is InChI=1S/C14H15NO4/c16-13(9-19-12-4-2-1-3-5-12)15-11-7-6-10(8-11)14(17)18/h1-7,10-11H,8-9H2,(H,15,16)(H,17,18). The van der Waals surface area contributed by atoms with Gasteiger partial charge in [0.25, 0.3) is 5.91 Å². The summed E-state index contributed by atoms with van der Waals surface area (Å²) in [4.78, 5) is 22.4. The Morgan fingerprint density at radius 2 is 2.00 bits per heavy atom. The van der Waals surface area contributed by atoms with E-state index in [0.29, 0.717) is 12.2 Å². The summed E-state index contributed by atoms with van der Waals surface area (Å²) < 4.78 is 5.30. The normalized spacial score (nSPS) is 21.1. The molecule has 0 fully saturated rings. The van der Waals surface area contributed by atoms with E-state index in [1.165, 1.54) is 0 Å². The zero-order valence-corrected chi connectivity index (χ0v) is 10.3. The first-order chi connectivity index (χ1) is 9.15. The van der Waals surface area contributed by atoms with Crippen molar-refractivity contribution in [1.82, 2.24) is 5.32 Å². The lowest BCUT2D eigenvalue weighted by molar-refractivity contribution is -0.140. The molecule has 0 heterocycles. The Kier molecular flexibility index (Phi) is 4.18. The van der Waals surface area contributed by atoms with Gasteiger partial charge < -0.3 is 15.2 Å². The first-order valence-corrected chi connectivity index (χ1v) is 6.03. The highest BCUT2D eigenvalue weighted by atomic mass is 16.5. The molecule has 19 heavy (non-hydrogen) atoms. The zero-order valence-electron chi connectivity index (χ0n) is 10.3. The Morgan fingerprint density at radius 1 is 1.26 bits per heavy atom. The van der Waals surface area contributed by atoms with Crippen LogP contribution in [0.1, 0.15) is 6.42 Å². The Bertz CT molecular complexity index is 483. The third-order valence-corrected chi connectivity index (χ3v) is 2.86. The van der Waals surface area contributed by atoms with Crippen molar-refractivity contribution in [1.29, 1.82) is 0 Å². The second kappa shape index (κ2) is 6.04. The van der Waals surface area contributed by atoms with Crippen LogP contribution in [0.25, 0.3) is 0 Å². The first-order valence-electron chi connectivity index (χ1n) is 6.03. The SMILES string of the molecule is O=C(COc1ccccc1)NC1C=CC(C(=O)O)C1. The number of ether oxygens (including phenoxy) is 1. The maximum absolute atomic E-state index is 11.6. The molecule has 0 radical (unpaired) electrons. The van der Waals surface area contributed by atoms with Crippen LogP contribution in [0.3, 0.4) is 0 Å². The molecule has 0 bridgehead atoms. The molecule has 2 unspecified atom stereocenters. The Labute approximate surface area is 110 Å². The molecule has 1 aliphatic carbocycles. The number of carbonyl (C=O) groups is 2. The number of benzene rings is 1. The summed E-state index contributed by atoms with van der Waals surface area (Å²) in [6, 6.07) is 8.82. The number of para-hydroxylation sites is 1. The largest absolute Gasteiger partial charge is 0.484 e. The molecule has 2 N–H and O–H groups in total. The van der Waals surface area contributed by atoms with Gasteiger partial charge in [0.1, 0.15) is 5.75 Å². The summed E-state index contributed by atoms with van der Waals surface area (Å²) in [6.07, 6.45) is 3.71. The Hall–Kier alpha value is -2.30. The average Bonchev–Trinajstić information content (AvgIpc) is 2.86. The van der Waals surface area contributed by atoms with Crippen LogP contribution in [0.2, 0.25) is 0 Å². The van der Waals surface area contributed by atoms with Gasteiger partial charge in [0.2, 0.25) is 0 Å². The number of carboxylic acids is 1. The van der Waals surface area contributed by atoms with E-state index in [0.717, 1.165) is 0 Å². The van der Waals surface area contributed by atoms with Gasteiger partial charge in [0.05, 0.1) is 5.92 Å². The molecule has 0 spiro atoms. The molecule has 5 heteroatoms. The predicted molar refractivity (Wildman–Crippen MR) is 68.8 cm³/mol. The smallest absolute Gasteiger partial charge is 0.310 e. The molecule has 1 aliphatic rings. The number of hydrogen-bond donors (Lipinski definition) is 2. The van der Waals surface area contributed by atoms with Crippen molar-refractivity contribution in [3.8, 4) is 5.75 Å². The minimum atomic E-state index is -0.867. The molecule has 0 saturated heterocycles. The maximum Gasteiger partial charge on any atom is 0.310 e. The Morgan fingerprint density at radius 3 is 2.63 bits per heavy atom. The predicted octanol–water partition coefficient (Wildman–Crippen LogP) is 1.21. The van der Waals surface area contributed by atoms with Crippen molar-refractivity contribution < 1.29 is 19.4 Å². The first kappa shape index (κ1) is 13.1. The fourth-order valence-corrected chi connectivity index (χ4v) is 1.90. The fraction of sp³-hybridized carbons (Fsp3) is 0.286. The number of carboxylic acid groups (broad SMARTS) is 1. The van der Waals surface area contributed by atoms with Gasteiger partial charge in [-0.1, -0.05) is 30.4 Å². The Balaban J connectivity index is 1.74. The molecule has 0 aliphatic heterocycles. The summed E-state index contributed by atoms with van der Waals surface area (Å²) in [5.41, 5.74) is 0. The number of carbonyl (C=O) groups excluding carboxylic acids is 1. The number of aliphatic carboxylic acids is 1. The van der Waals surface area contributed by atoms with Crippen LogP contribution in [0.5, 0.6) is 5.75 Å². The molecular formula is C14H15NO4. The van der Waals surface area contributed by atoms with Gasteiger partial charge in [-0.2, -0.15) is 0 Å². The van der Waals surface area contributed by atoms with E-state index in [4.69, 9.17) is 9.84 Å². The monoisotopic (exact) mass is 261 g/mol. The van der Waals surface area contributed by atoms with Gasteiger partial charge in [0, 0.05) is 6.04 Å². The average molecular weight is 261 g/mol. The summed E-state index contributed by atoms with van der Waals surface area (Å²) in [6.45, 7) is -0.0773. The van der Waals surface area contributed by atoms with Gasteiger partial charge in [-0.3, -0.25) is 9.59 Å². The van der Waals surface area contributed by atoms with E-state index in [2.05, 4.69) is 5.32 Å². The molecule has 1 aromatic rings. The molecule has 5 nitrogen and oxygen atoms in total. The highest BCUT2D eigenvalue weighted by molar-refractivity contribution is 5.79. The number of hydrogen-bond acceptors (Lipinski definition) is 3. The lowest BCUT2D eigenvalue weighted by Gasteiger charge is -2.12. The van der Waals surface area contributed by atoms with Crippen LogP contribution in [-0.4, -0.2) is 29.6 Å². The number of rotatable bonds is 5. The second-order valence-corrected chi connectivity index (χ2v) is 4.34. The van der Waals surface area contributed by atoms with Crippen molar-refractivity contribution in [3.63, 3.8) is 0 Å². The topological polar surface area (TPSA) is 75.6 Å². The van der Waals surface area contributed by atoms with Crippen molar-refractivity contribution in [2.75, 3.05) is 6.61 Å². The number of nitrogens with one attached hydrogen (secondary N) is 1. The minimum absolute atomic E-state index is 0.0773. The summed E-state index contributed by atoms with van der Waals surface area (Å²) >= 11 is 0. The van der Waals surface area contributed by atoms with Gasteiger partial charge in [-0.25, -0.2) is 0 Å². The lowest BCUT2D eigenvalue weighted by Crippen LogP contribution is -2.36. The molecule has 0 saturated carbocycles. The van der Waals surface area contributed by atoms with Crippen LogP contribution in [-0.2, 0) is 9.59 Å². The third kappa shape index (κ3) is 3.84. The van der Waals surface area contributed by atoms with Crippen LogP contribution >= 0.6 is 0 Å². The molecule has 2 atom stereocenters. The minimum Gasteiger partial charge on any atom is -0.484 e. The summed E-state index contributed by atoms with van der Waals surface area (Å²) in [5.74, 6) is -1.01. The van der Waals surface area contributed by atoms with Crippen LogP contribution in [0.15, 0.2) is 42.5 Å². The van der Waals surface area contributed by atoms with Crippen molar-refractivity contribution in [2.45, 2.75) is 12.5 Å². The van der Waals surface area contributed by atoms with Crippen LogP contribution < -0.4 is 10.1 Å². The van der Waals surface area contributed by atoms with Gasteiger partial charge in [0.15, 0.2) is 6.61 Å². The van der Waals surface area contributed by atoms with E-state index in [-0.39, 0.29) is 18.6 Å². The van der Waals surface area contributed by atoms with E-state index < -0.39 is 11.9 Å². The highest BCUT2D eigenvalue weighted by Gasteiger charge is 2.25. The second-order valence-electron chi connectivity index (χ2n) is 4.34. The van der Waals surface area contributed by atoms with Crippen LogP contribution in [0, 0.1) is 5.92 Å². The molecule has 100 valence electrons. The van der Waals surface area contributed by atoms with Crippen molar-refractivity contribution in [3.05, 3.63) is 42.5 Å². The third-order valence-electron chi connectivity index (χ3n) is 2.86. The number of amides is 1. The molecule has 1 amide bonds. The molecule has 1 aromatic carbocycles. The van der Waals surface area contributed by atoms with Gasteiger partial charge >= 0.3 is 5.97 Å².